The third-order valence-corrected chi connectivity index (χ3v) is 3.11. The Morgan fingerprint density at radius 3 is 2.56 bits per heavy atom. The predicted molar refractivity (Wildman–Crippen MR) is 92.0 cm³/mol. The largest absolute Gasteiger partial charge is 0.508 e. The number of ether oxygens (including phenoxy) is 2. The first kappa shape index (κ1) is 17.8. The molecule has 0 bridgehead atoms. The number of amides is 2. The molecule has 2 rings (SSSR count). The number of anilines is 1. The van der Waals surface area contributed by atoms with Gasteiger partial charge in [0.2, 0.25) is 0 Å². The quantitative estimate of drug-likeness (QED) is 0.433. The van der Waals surface area contributed by atoms with E-state index in [-0.39, 0.29) is 5.75 Å². The molecule has 3 N–H and O–H groups in total. The monoisotopic (exact) mass is 343 g/mol. The third-order valence-electron chi connectivity index (χ3n) is 3.11. The summed E-state index contributed by atoms with van der Waals surface area (Å²) in [4.78, 5) is 23.7. The van der Waals surface area contributed by atoms with Gasteiger partial charge in [-0.05, 0) is 29.8 Å². The van der Waals surface area contributed by atoms with Gasteiger partial charge in [0.25, 0.3) is 0 Å². The summed E-state index contributed by atoms with van der Waals surface area (Å²) in [6, 6.07) is 11.0. The number of aromatic hydroxyl groups is 1. The molecule has 0 aromatic heterocycles. The zero-order valence-electron chi connectivity index (χ0n) is 13.6. The number of carbonyl (C=O) groups excluding carboxylic acids is 2. The summed E-state index contributed by atoms with van der Waals surface area (Å²) in [5, 5.41) is 15.4. The molecule has 0 aliphatic carbocycles. The van der Waals surface area contributed by atoms with E-state index in [2.05, 4.69) is 15.8 Å². The van der Waals surface area contributed by atoms with E-state index >= 15 is 0 Å². The standard InChI is InChI=1S/C17H17N3O5/c1-24-13-6-7-14(15(9-13)25-2)19-16(22)17(23)20-18-10-11-4-3-5-12(21)8-11/h3-10,21H,1-2H3,(H,19,22)(H,20,23)/b18-10+. The van der Waals surface area contributed by atoms with Crippen molar-refractivity contribution in [3.05, 3.63) is 48.0 Å². The Hall–Kier alpha value is -3.55. The van der Waals surface area contributed by atoms with Gasteiger partial charge in [0.05, 0.1) is 26.1 Å². The maximum Gasteiger partial charge on any atom is 0.329 e. The summed E-state index contributed by atoms with van der Waals surface area (Å²) < 4.78 is 10.2. The summed E-state index contributed by atoms with van der Waals surface area (Å²) >= 11 is 0. The van der Waals surface area contributed by atoms with Crippen molar-refractivity contribution in [3.8, 4) is 17.2 Å². The lowest BCUT2D eigenvalue weighted by Crippen LogP contribution is -2.32. The average molecular weight is 343 g/mol. The maximum absolute atomic E-state index is 11.9. The second-order valence-electron chi connectivity index (χ2n) is 4.81. The lowest BCUT2D eigenvalue weighted by molar-refractivity contribution is -0.136. The fourth-order valence-electron chi connectivity index (χ4n) is 1.90. The van der Waals surface area contributed by atoms with Crippen molar-refractivity contribution in [1.29, 1.82) is 0 Å². The van der Waals surface area contributed by atoms with Crippen LogP contribution in [0.3, 0.4) is 0 Å². The van der Waals surface area contributed by atoms with E-state index < -0.39 is 11.8 Å². The highest BCUT2D eigenvalue weighted by atomic mass is 16.5. The molecule has 0 saturated carbocycles. The number of rotatable bonds is 5. The predicted octanol–water partition coefficient (Wildman–Crippen LogP) is 1.50. The van der Waals surface area contributed by atoms with Crippen molar-refractivity contribution in [3.63, 3.8) is 0 Å². The van der Waals surface area contributed by atoms with Gasteiger partial charge in [0, 0.05) is 6.07 Å². The van der Waals surface area contributed by atoms with Gasteiger partial charge in [-0.25, -0.2) is 5.43 Å². The zero-order chi connectivity index (χ0) is 18.2. The average Bonchev–Trinajstić information content (AvgIpc) is 2.62. The number of hydrazone groups is 1. The lowest BCUT2D eigenvalue weighted by atomic mass is 10.2. The Bertz CT molecular complexity index is 805. The zero-order valence-corrected chi connectivity index (χ0v) is 13.6. The van der Waals surface area contributed by atoms with Crippen LogP contribution in [-0.2, 0) is 9.59 Å². The Balaban J connectivity index is 1.97. The summed E-state index contributed by atoms with van der Waals surface area (Å²) in [6.45, 7) is 0. The summed E-state index contributed by atoms with van der Waals surface area (Å²) in [5.74, 6) is -0.885. The van der Waals surface area contributed by atoms with E-state index in [0.29, 0.717) is 22.7 Å². The minimum Gasteiger partial charge on any atom is -0.508 e. The van der Waals surface area contributed by atoms with E-state index in [1.165, 1.54) is 32.6 Å². The molecule has 2 aromatic rings. The molecule has 2 amide bonds. The van der Waals surface area contributed by atoms with Gasteiger partial charge >= 0.3 is 11.8 Å². The highest BCUT2D eigenvalue weighted by Crippen LogP contribution is 2.28. The van der Waals surface area contributed by atoms with Crippen molar-refractivity contribution < 1.29 is 24.2 Å². The van der Waals surface area contributed by atoms with Gasteiger partial charge in [-0.1, -0.05) is 12.1 Å². The summed E-state index contributed by atoms with van der Waals surface area (Å²) in [5.41, 5.74) is 2.99. The number of nitrogens with one attached hydrogen (secondary N) is 2. The number of methoxy groups -OCH3 is 2. The number of nitrogens with zero attached hydrogens (tertiary/aromatic N) is 1. The van der Waals surface area contributed by atoms with E-state index in [0.717, 1.165) is 0 Å². The van der Waals surface area contributed by atoms with Gasteiger partial charge < -0.3 is 19.9 Å². The third kappa shape index (κ3) is 4.96. The number of phenolic OH excluding ortho intramolecular Hbond substituents is 1. The number of phenols is 1. The molecule has 8 nitrogen and oxygen atoms in total. The minimum absolute atomic E-state index is 0.0691. The highest BCUT2D eigenvalue weighted by molar-refractivity contribution is 6.39. The molecule has 0 atom stereocenters. The smallest absolute Gasteiger partial charge is 0.329 e. The number of carbonyl (C=O) groups is 2. The van der Waals surface area contributed by atoms with Crippen molar-refractivity contribution in [2.75, 3.05) is 19.5 Å². The first-order chi connectivity index (χ1) is 12.0. The van der Waals surface area contributed by atoms with E-state index in [1.54, 1.807) is 30.3 Å². The summed E-state index contributed by atoms with van der Waals surface area (Å²) in [7, 11) is 2.94. The Kier molecular flexibility index (Phi) is 5.94. The molecule has 0 heterocycles. The van der Waals surface area contributed by atoms with Crippen LogP contribution in [0.4, 0.5) is 5.69 Å². The Labute approximate surface area is 144 Å². The second kappa shape index (κ2) is 8.34. The maximum atomic E-state index is 11.9. The van der Waals surface area contributed by atoms with Crippen LogP contribution in [0.5, 0.6) is 17.2 Å². The molecule has 0 fully saturated rings. The molecule has 0 saturated heterocycles. The van der Waals surface area contributed by atoms with Crippen molar-refractivity contribution in [1.82, 2.24) is 5.43 Å². The van der Waals surface area contributed by atoms with Crippen molar-refractivity contribution in [2.45, 2.75) is 0 Å². The van der Waals surface area contributed by atoms with Gasteiger partial charge in [-0.15, -0.1) is 0 Å². The van der Waals surface area contributed by atoms with E-state index in [9.17, 15) is 14.7 Å². The Morgan fingerprint density at radius 2 is 1.88 bits per heavy atom. The van der Waals surface area contributed by atoms with Crippen LogP contribution in [0.1, 0.15) is 5.56 Å². The molecule has 130 valence electrons. The molecular weight excluding hydrogens is 326 g/mol. The van der Waals surface area contributed by atoms with E-state index in [4.69, 9.17) is 9.47 Å². The molecule has 0 radical (unpaired) electrons. The van der Waals surface area contributed by atoms with Gasteiger partial charge in [0.1, 0.15) is 17.2 Å². The number of hydrogen-bond acceptors (Lipinski definition) is 6. The van der Waals surface area contributed by atoms with E-state index in [1.807, 2.05) is 0 Å². The number of hydrogen-bond donors (Lipinski definition) is 3. The van der Waals surface area contributed by atoms with Crippen LogP contribution < -0.4 is 20.2 Å². The summed E-state index contributed by atoms with van der Waals surface area (Å²) in [6.07, 6.45) is 1.30. The molecule has 0 spiro atoms. The second-order valence-corrected chi connectivity index (χ2v) is 4.81. The molecule has 2 aromatic carbocycles. The number of benzene rings is 2. The molecule has 0 aliphatic rings. The van der Waals surface area contributed by atoms with Gasteiger partial charge in [-0.2, -0.15) is 5.10 Å². The molecule has 0 unspecified atom stereocenters. The first-order valence-electron chi connectivity index (χ1n) is 7.19. The van der Waals surface area contributed by atoms with Crippen LogP contribution in [0, 0.1) is 0 Å². The molecule has 8 heteroatoms. The van der Waals surface area contributed by atoms with Crippen LogP contribution in [-0.4, -0.2) is 37.4 Å². The fraction of sp³-hybridized carbons (Fsp3) is 0.118. The van der Waals surface area contributed by atoms with Crippen LogP contribution in [0.25, 0.3) is 0 Å². The fourth-order valence-corrected chi connectivity index (χ4v) is 1.90. The van der Waals surface area contributed by atoms with Gasteiger partial charge in [-0.3, -0.25) is 9.59 Å². The Morgan fingerprint density at radius 1 is 1.08 bits per heavy atom. The van der Waals surface area contributed by atoms with Crippen molar-refractivity contribution in [2.24, 2.45) is 5.10 Å². The SMILES string of the molecule is COc1ccc(NC(=O)C(=O)N/N=C/c2cccc(O)c2)c(OC)c1. The van der Waals surface area contributed by atoms with Crippen LogP contribution in [0.15, 0.2) is 47.6 Å². The topological polar surface area (TPSA) is 109 Å². The normalized spacial score (nSPS) is 10.3. The lowest BCUT2D eigenvalue weighted by Gasteiger charge is -2.10. The van der Waals surface area contributed by atoms with Crippen LogP contribution >= 0.6 is 0 Å². The molecular formula is C17H17N3O5. The first-order valence-corrected chi connectivity index (χ1v) is 7.19. The highest BCUT2D eigenvalue weighted by Gasteiger charge is 2.15. The van der Waals surface area contributed by atoms with Crippen LogP contribution in [0.2, 0.25) is 0 Å². The van der Waals surface area contributed by atoms with Gasteiger partial charge in [0.15, 0.2) is 0 Å². The molecule has 25 heavy (non-hydrogen) atoms. The molecule has 0 aliphatic heterocycles. The minimum atomic E-state index is -0.950. The van der Waals surface area contributed by atoms with Crippen molar-refractivity contribution >= 4 is 23.7 Å².